The van der Waals surface area contributed by atoms with Gasteiger partial charge in [0.2, 0.25) is 5.91 Å². The van der Waals surface area contributed by atoms with E-state index in [9.17, 15) is 27.6 Å². The van der Waals surface area contributed by atoms with E-state index < -0.39 is 62.4 Å². The van der Waals surface area contributed by atoms with E-state index in [1.165, 1.54) is 18.2 Å². The van der Waals surface area contributed by atoms with Gasteiger partial charge in [-0.2, -0.15) is 0 Å². The summed E-state index contributed by atoms with van der Waals surface area (Å²) >= 11 is 5.90. The summed E-state index contributed by atoms with van der Waals surface area (Å²) in [7, 11) is -3.95. The number of nitrogens with zero attached hydrogens (tertiary/aromatic N) is 1. The molecule has 1 aromatic carbocycles. The highest BCUT2D eigenvalue weighted by atomic mass is 35.5. The molecular weight excluding hydrogens is 478 g/mol. The van der Waals surface area contributed by atoms with Crippen molar-refractivity contribution < 1.29 is 41.8 Å². The predicted molar refractivity (Wildman–Crippen MR) is 115 cm³/mol. The van der Waals surface area contributed by atoms with E-state index in [0.29, 0.717) is 0 Å². The van der Waals surface area contributed by atoms with Crippen molar-refractivity contribution in [3.8, 4) is 5.75 Å². The first-order valence-corrected chi connectivity index (χ1v) is 12.0. The Morgan fingerprint density at radius 1 is 1.15 bits per heavy atom. The highest BCUT2D eigenvalue weighted by molar-refractivity contribution is 7.92. The van der Waals surface area contributed by atoms with Gasteiger partial charge < -0.3 is 14.2 Å². The van der Waals surface area contributed by atoms with Crippen molar-refractivity contribution in [2.45, 2.75) is 44.0 Å². The zero-order valence-corrected chi connectivity index (χ0v) is 19.9. The Morgan fingerprint density at radius 2 is 1.79 bits per heavy atom. The Bertz CT molecular complexity index is 1170. The summed E-state index contributed by atoms with van der Waals surface area (Å²) in [5.41, 5.74) is -1.46. The van der Waals surface area contributed by atoms with Crippen molar-refractivity contribution in [2.24, 2.45) is 0 Å². The van der Waals surface area contributed by atoms with E-state index >= 15 is 0 Å². The van der Waals surface area contributed by atoms with Crippen molar-refractivity contribution in [3.05, 3.63) is 41.1 Å². The maximum atomic E-state index is 12.9. The van der Waals surface area contributed by atoms with E-state index in [1.807, 2.05) is 0 Å². The van der Waals surface area contributed by atoms with Gasteiger partial charge in [-0.05, 0) is 32.9 Å². The third-order valence-electron chi connectivity index (χ3n) is 4.63. The van der Waals surface area contributed by atoms with Crippen molar-refractivity contribution in [2.75, 3.05) is 12.4 Å². The van der Waals surface area contributed by atoms with Crippen LogP contribution in [0, 0.1) is 0 Å². The van der Waals surface area contributed by atoms with Crippen LogP contribution in [0.4, 0.5) is 0 Å². The van der Waals surface area contributed by atoms with Gasteiger partial charge in [-0.3, -0.25) is 14.5 Å². The SMILES string of the molecule is CC(=O)Oc1ccccc1C(=O)OCC1=C(C(=O)OC(C)(C)C)N2C(=O)[C@H](Cl)C2S(=O)(=O)C1. The van der Waals surface area contributed by atoms with Gasteiger partial charge in [0.15, 0.2) is 15.2 Å². The van der Waals surface area contributed by atoms with Crippen LogP contribution in [0.2, 0.25) is 0 Å². The third-order valence-corrected chi connectivity index (χ3v) is 7.17. The Balaban J connectivity index is 1.94. The Labute approximate surface area is 195 Å². The van der Waals surface area contributed by atoms with Gasteiger partial charge in [0.1, 0.15) is 34.6 Å². The lowest BCUT2D eigenvalue weighted by atomic mass is 10.1. The molecule has 2 heterocycles. The molecule has 1 saturated heterocycles. The first-order chi connectivity index (χ1) is 15.2. The molecule has 3 rings (SSSR count). The number of β-lactam (4-membered cyclic amide) rings is 1. The van der Waals surface area contributed by atoms with E-state index in [1.54, 1.807) is 26.8 Å². The summed E-state index contributed by atoms with van der Waals surface area (Å²) in [6, 6.07) is 5.81. The van der Waals surface area contributed by atoms with Crippen molar-refractivity contribution in [1.82, 2.24) is 4.90 Å². The normalized spacial score (nSPS) is 21.6. The number of hydrogen-bond acceptors (Lipinski definition) is 9. The monoisotopic (exact) mass is 499 g/mol. The molecule has 2 aliphatic heterocycles. The summed E-state index contributed by atoms with van der Waals surface area (Å²) < 4.78 is 40.9. The van der Waals surface area contributed by atoms with E-state index in [2.05, 4.69) is 0 Å². The topological polar surface area (TPSA) is 133 Å². The minimum Gasteiger partial charge on any atom is -0.457 e. The first-order valence-electron chi connectivity index (χ1n) is 9.81. The fourth-order valence-corrected chi connectivity index (χ4v) is 5.94. The van der Waals surface area contributed by atoms with Crippen molar-refractivity contribution in [3.63, 3.8) is 0 Å². The summed E-state index contributed by atoms with van der Waals surface area (Å²) in [4.78, 5) is 49.9. The highest BCUT2D eigenvalue weighted by Crippen LogP contribution is 2.40. The number of carbonyl (C=O) groups excluding carboxylic acids is 4. The van der Waals surface area contributed by atoms with Gasteiger partial charge in [0.05, 0.1) is 5.75 Å². The molecule has 1 unspecified atom stereocenters. The molecule has 2 aliphatic rings. The van der Waals surface area contributed by atoms with Crippen LogP contribution in [0.15, 0.2) is 35.5 Å². The van der Waals surface area contributed by atoms with E-state index in [4.69, 9.17) is 25.8 Å². The molecule has 0 N–H and O–H groups in total. The number of rotatable bonds is 5. The van der Waals surface area contributed by atoms with Crippen LogP contribution >= 0.6 is 11.6 Å². The van der Waals surface area contributed by atoms with Gasteiger partial charge >= 0.3 is 17.9 Å². The fraction of sp³-hybridized carbons (Fsp3) is 0.429. The number of amides is 1. The first kappa shape index (κ1) is 24.7. The van der Waals surface area contributed by atoms with Crippen LogP contribution in [-0.4, -0.2) is 65.8 Å². The molecule has 1 aromatic rings. The largest absolute Gasteiger partial charge is 0.457 e. The number of ether oxygens (including phenoxy) is 3. The second-order valence-electron chi connectivity index (χ2n) is 8.43. The number of benzene rings is 1. The Kier molecular flexibility index (Phi) is 6.58. The number of carbonyl (C=O) groups is 4. The molecule has 1 fully saturated rings. The van der Waals surface area contributed by atoms with Crippen LogP contribution in [0.3, 0.4) is 0 Å². The minimum absolute atomic E-state index is 0.0458. The molecule has 0 aromatic heterocycles. The van der Waals surface area contributed by atoms with Crippen LogP contribution in [0.25, 0.3) is 0 Å². The lowest BCUT2D eigenvalue weighted by molar-refractivity contribution is -0.157. The highest BCUT2D eigenvalue weighted by Gasteiger charge is 2.59. The molecule has 178 valence electrons. The lowest BCUT2D eigenvalue weighted by Gasteiger charge is -2.47. The smallest absolute Gasteiger partial charge is 0.355 e. The lowest BCUT2D eigenvalue weighted by Crippen LogP contribution is -2.68. The molecule has 0 radical (unpaired) electrons. The summed E-state index contributed by atoms with van der Waals surface area (Å²) in [6.45, 7) is 5.37. The number of para-hydroxylation sites is 1. The number of halogens is 1. The van der Waals surface area contributed by atoms with Gasteiger partial charge in [0.25, 0.3) is 0 Å². The number of hydrogen-bond donors (Lipinski definition) is 0. The Morgan fingerprint density at radius 3 is 2.39 bits per heavy atom. The van der Waals surface area contributed by atoms with Crippen LogP contribution in [-0.2, 0) is 33.7 Å². The molecular formula is C21H22ClNO9S. The maximum absolute atomic E-state index is 12.9. The van der Waals surface area contributed by atoms with Crippen LogP contribution in [0.5, 0.6) is 5.75 Å². The summed E-state index contributed by atoms with van der Waals surface area (Å²) in [5, 5.41) is -2.73. The number of sulfone groups is 1. The molecule has 2 atom stereocenters. The second kappa shape index (κ2) is 8.79. The third kappa shape index (κ3) is 5.03. The van der Waals surface area contributed by atoms with Gasteiger partial charge in [-0.15, -0.1) is 11.6 Å². The molecule has 33 heavy (non-hydrogen) atoms. The van der Waals surface area contributed by atoms with E-state index in [0.717, 1.165) is 11.8 Å². The van der Waals surface area contributed by atoms with Gasteiger partial charge in [0, 0.05) is 12.5 Å². The zero-order valence-electron chi connectivity index (χ0n) is 18.3. The van der Waals surface area contributed by atoms with Crippen LogP contribution in [0.1, 0.15) is 38.1 Å². The van der Waals surface area contributed by atoms with Crippen LogP contribution < -0.4 is 4.74 Å². The van der Waals surface area contributed by atoms with Gasteiger partial charge in [-0.25, -0.2) is 18.0 Å². The molecule has 1 amide bonds. The maximum Gasteiger partial charge on any atom is 0.355 e. The summed E-state index contributed by atoms with van der Waals surface area (Å²) in [6.07, 6.45) is 0. The Hall–Kier alpha value is -2.92. The average Bonchev–Trinajstić information content (AvgIpc) is 2.68. The van der Waals surface area contributed by atoms with Crippen molar-refractivity contribution in [1.29, 1.82) is 0 Å². The number of alkyl halides is 1. The second-order valence-corrected chi connectivity index (χ2v) is 11.0. The molecule has 10 nitrogen and oxygen atoms in total. The van der Waals surface area contributed by atoms with E-state index in [-0.39, 0.29) is 22.6 Å². The molecule has 0 bridgehead atoms. The molecule has 0 aliphatic carbocycles. The van der Waals surface area contributed by atoms with Gasteiger partial charge in [-0.1, -0.05) is 12.1 Å². The zero-order chi connectivity index (χ0) is 24.7. The number of fused-ring (bicyclic) bond motifs is 1. The number of esters is 3. The average molecular weight is 500 g/mol. The minimum atomic E-state index is -3.95. The standard InChI is InChI=1S/C21H22ClNO9S/c1-11(24)31-14-8-6-5-7-13(14)19(26)30-9-12-10-33(28,29)18-15(22)17(25)23(18)16(12)20(27)32-21(2,3)4/h5-8,15,18H,9-10H2,1-4H3/t15-,18?/m0/s1. The predicted octanol–water partition coefficient (Wildman–Crippen LogP) is 1.57. The molecule has 12 heteroatoms. The molecule has 0 spiro atoms. The summed E-state index contributed by atoms with van der Waals surface area (Å²) in [5.74, 6) is -3.98. The van der Waals surface area contributed by atoms with Crippen molar-refractivity contribution >= 4 is 45.3 Å². The quantitative estimate of drug-likeness (QED) is 0.256. The molecule has 0 saturated carbocycles. The fourth-order valence-electron chi connectivity index (χ4n) is 3.36.